The van der Waals surface area contributed by atoms with Gasteiger partial charge in [-0.1, -0.05) is 53.6 Å². The van der Waals surface area contributed by atoms with Crippen molar-refractivity contribution in [2.45, 2.75) is 19.8 Å². The molecule has 0 aliphatic heterocycles. The summed E-state index contributed by atoms with van der Waals surface area (Å²) < 4.78 is 0. The fraction of sp³-hybridized carbons (Fsp3) is 0.235. The summed E-state index contributed by atoms with van der Waals surface area (Å²) in [6.07, 6.45) is 1.02. The van der Waals surface area contributed by atoms with Gasteiger partial charge in [0.25, 0.3) is 0 Å². The molecule has 2 nitrogen and oxygen atoms in total. The van der Waals surface area contributed by atoms with Crippen LogP contribution in [-0.2, 0) is 17.6 Å². The number of rotatable bonds is 5. The van der Waals surface area contributed by atoms with Gasteiger partial charge in [0.05, 0.1) is 5.92 Å². The number of hydrogen-bond acceptors (Lipinski definition) is 1. The van der Waals surface area contributed by atoms with Crippen molar-refractivity contribution in [1.29, 1.82) is 0 Å². The van der Waals surface area contributed by atoms with Gasteiger partial charge in [-0.3, -0.25) is 4.79 Å². The van der Waals surface area contributed by atoms with Crippen molar-refractivity contribution in [3.63, 3.8) is 0 Å². The lowest BCUT2D eigenvalue weighted by molar-refractivity contribution is -0.141. The lowest BCUT2D eigenvalue weighted by Gasteiger charge is -2.13. The van der Waals surface area contributed by atoms with E-state index in [1.54, 1.807) is 6.07 Å². The molecule has 104 valence electrons. The Hall–Kier alpha value is -1.80. The fourth-order valence-electron chi connectivity index (χ4n) is 2.32. The molecule has 2 aromatic carbocycles. The highest BCUT2D eigenvalue weighted by molar-refractivity contribution is 6.30. The van der Waals surface area contributed by atoms with E-state index in [2.05, 4.69) is 0 Å². The monoisotopic (exact) mass is 288 g/mol. The van der Waals surface area contributed by atoms with E-state index in [-0.39, 0.29) is 0 Å². The van der Waals surface area contributed by atoms with E-state index in [0.29, 0.717) is 17.9 Å². The lowest BCUT2D eigenvalue weighted by Crippen LogP contribution is -2.19. The van der Waals surface area contributed by atoms with E-state index in [4.69, 9.17) is 11.6 Å². The number of carbonyl (C=O) groups is 1. The van der Waals surface area contributed by atoms with E-state index in [1.165, 1.54) is 0 Å². The molecule has 2 rings (SSSR count). The summed E-state index contributed by atoms with van der Waals surface area (Å²) in [6.45, 7) is 2.01. The summed E-state index contributed by atoms with van der Waals surface area (Å²) >= 11 is 5.94. The van der Waals surface area contributed by atoms with Crippen LogP contribution in [0.3, 0.4) is 0 Å². The first-order valence-electron chi connectivity index (χ1n) is 6.57. The standard InChI is InChI=1S/C17H17ClO2/c1-12-4-2-5-13(8-12)9-15(17(19)20)10-14-6-3-7-16(18)11-14/h2-8,11,15H,9-10H2,1H3,(H,19,20). The summed E-state index contributed by atoms with van der Waals surface area (Å²) in [7, 11) is 0. The fourth-order valence-corrected chi connectivity index (χ4v) is 2.53. The van der Waals surface area contributed by atoms with Gasteiger partial charge in [-0.2, -0.15) is 0 Å². The number of halogens is 1. The number of carboxylic acid groups (broad SMARTS) is 1. The van der Waals surface area contributed by atoms with Gasteiger partial charge in [0, 0.05) is 5.02 Å². The topological polar surface area (TPSA) is 37.3 Å². The molecule has 1 unspecified atom stereocenters. The first kappa shape index (κ1) is 14.6. The molecule has 0 aliphatic rings. The SMILES string of the molecule is Cc1cccc(CC(Cc2cccc(Cl)c2)C(=O)O)c1. The molecule has 0 amide bonds. The van der Waals surface area contributed by atoms with Gasteiger partial charge in [-0.25, -0.2) is 0 Å². The third kappa shape index (κ3) is 4.10. The van der Waals surface area contributed by atoms with Gasteiger partial charge in [-0.15, -0.1) is 0 Å². The predicted molar refractivity (Wildman–Crippen MR) is 81.2 cm³/mol. The average molecular weight is 289 g/mol. The van der Waals surface area contributed by atoms with Gasteiger partial charge < -0.3 is 5.11 Å². The smallest absolute Gasteiger partial charge is 0.307 e. The second-order valence-corrected chi connectivity index (χ2v) is 5.50. The predicted octanol–water partition coefficient (Wildman–Crippen LogP) is 4.13. The van der Waals surface area contributed by atoms with Crippen LogP contribution in [-0.4, -0.2) is 11.1 Å². The maximum Gasteiger partial charge on any atom is 0.307 e. The van der Waals surface area contributed by atoms with Crippen molar-refractivity contribution in [3.05, 3.63) is 70.2 Å². The third-order valence-electron chi connectivity index (χ3n) is 3.28. The van der Waals surface area contributed by atoms with E-state index >= 15 is 0 Å². The Morgan fingerprint density at radius 3 is 2.25 bits per heavy atom. The molecule has 0 aromatic heterocycles. The number of carboxylic acids is 1. The zero-order valence-corrected chi connectivity index (χ0v) is 12.1. The molecule has 1 atom stereocenters. The van der Waals surface area contributed by atoms with Gasteiger partial charge in [0.15, 0.2) is 0 Å². The molecule has 0 radical (unpaired) electrons. The highest BCUT2D eigenvalue weighted by atomic mass is 35.5. The molecule has 2 aromatic rings. The van der Waals surface area contributed by atoms with Crippen molar-refractivity contribution in [2.75, 3.05) is 0 Å². The van der Waals surface area contributed by atoms with Crippen LogP contribution in [0.4, 0.5) is 0 Å². The summed E-state index contributed by atoms with van der Waals surface area (Å²) in [6, 6.07) is 15.4. The normalized spacial score (nSPS) is 12.1. The van der Waals surface area contributed by atoms with Crippen molar-refractivity contribution in [2.24, 2.45) is 5.92 Å². The van der Waals surface area contributed by atoms with Crippen LogP contribution >= 0.6 is 11.6 Å². The molecule has 0 spiro atoms. The van der Waals surface area contributed by atoms with Crippen LogP contribution < -0.4 is 0 Å². The molecule has 0 fully saturated rings. The molecule has 3 heteroatoms. The van der Waals surface area contributed by atoms with Gasteiger partial charge in [0.1, 0.15) is 0 Å². The number of aliphatic carboxylic acids is 1. The Balaban J connectivity index is 2.13. The molecule has 0 saturated heterocycles. The zero-order valence-electron chi connectivity index (χ0n) is 11.3. The van der Waals surface area contributed by atoms with Crippen molar-refractivity contribution in [1.82, 2.24) is 0 Å². The maximum absolute atomic E-state index is 11.4. The van der Waals surface area contributed by atoms with Crippen LogP contribution in [0.5, 0.6) is 0 Å². The van der Waals surface area contributed by atoms with Crippen molar-refractivity contribution < 1.29 is 9.90 Å². The molecule has 20 heavy (non-hydrogen) atoms. The molecular formula is C17H17ClO2. The minimum Gasteiger partial charge on any atom is -0.481 e. The van der Waals surface area contributed by atoms with E-state index in [1.807, 2.05) is 49.4 Å². The molecular weight excluding hydrogens is 272 g/mol. The van der Waals surface area contributed by atoms with Gasteiger partial charge in [-0.05, 0) is 43.0 Å². The molecule has 0 aliphatic carbocycles. The second-order valence-electron chi connectivity index (χ2n) is 5.06. The average Bonchev–Trinajstić information content (AvgIpc) is 2.38. The van der Waals surface area contributed by atoms with E-state index < -0.39 is 11.9 Å². The Morgan fingerprint density at radius 2 is 1.70 bits per heavy atom. The summed E-state index contributed by atoms with van der Waals surface area (Å²) in [5, 5.41) is 10.0. The molecule has 0 saturated carbocycles. The van der Waals surface area contributed by atoms with Crippen LogP contribution in [0.15, 0.2) is 48.5 Å². The minimum absolute atomic E-state index is 0.435. The van der Waals surface area contributed by atoms with Crippen LogP contribution in [0, 0.1) is 12.8 Å². The highest BCUT2D eigenvalue weighted by Gasteiger charge is 2.18. The molecule has 1 N–H and O–H groups in total. The first-order valence-corrected chi connectivity index (χ1v) is 6.95. The number of benzene rings is 2. The van der Waals surface area contributed by atoms with Crippen LogP contribution in [0.25, 0.3) is 0 Å². The minimum atomic E-state index is -0.772. The maximum atomic E-state index is 11.4. The molecule has 0 heterocycles. The molecule has 0 bridgehead atoms. The van der Waals surface area contributed by atoms with Crippen molar-refractivity contribution in [3.8, 4) is 0 Å². The van der Waals surface area contributed by atoms with Crippen LogP contribution in [0.2, 0.25) is 5.02 Å². The van der Waals surface area contributed by atoms with Crippen molar-refractivity contribution >= 4 is 17.6 Å². The largest absolute Gasteiger partial charge is 0.481 e. The Morgan fingerprint density at radius 1 is 1.10 bits per heavy atom. The second kappa shape index (κ2) is 6.58. The highest BCUT2D eigenvalue weighted by Crippen LogP contribution is 2.18. The lowest BCUT2D eigenvalue weighted by atomic mass is 9.92. The quantitative estimate of drug-likeness (QED) is 0.898. The van der Waals surface area contributed by atoms with E-state index in [0.717, 1.165) is 16.7 Å². The summed E-state index contributed by atoms with van der Waals surface area (Å²) in [4.78, 5) is 11.4. The Labute approximate surface area is 124 Å². The zero-order chi connectivity index (χ0) is 14.5. The summed E-state index contributed by atoms with van der Waals surface area (Å²) in [5.74, 6) is -1.21. The Bertz CT molecular complexity index is 560. The van der Waals surface area contributed by atoms with E-state index in [9.17, 15) is 9.90 Å². The third-order valence-corrected chi connectivity index (χ3v) is 3.52. The Kier molecular flexibility index (Phi) is 4.80. The summed E-state index contributed by atoms with van der Waals surface area (Å²) in [5.41, 5.74) is 3.16. The van der Waals surface area contributed by atoms with Gasteiger partial charge in [0.2, 0.25) is 0 Å². The van der Waals surface area contributed by atoms with Gasteiger partial charge >= 0.3 is 5.97 Å². The first-order chi connectivity index (χ1) is 9.54. The van der Waals surface area contributed by atoms with Crippen LogP contribution in [0.1, 0.15) is 16.7 Å². The number of hydrogen-bond donors (Lipinski definition) is 1. The number of aryl methyl sites for hydroxylation is 1.